The van der Waals surface area contributed by atoms with Gasteiger partial charge in [-0.15, -0.1) is 0 Å². The number of nitrogens with one attached hydrogen (secondary N) is 1. The lowest BCUT2D eigenvalue weighted by atomic mass is 10.3. The van der Waals surface area contributed by atoms with E-state index in [0.717, 1.165) is 33.3 Å². The number of aromatic nitrogens is 4. The number of carbonyl (C=O) groups excluding carboxylic acids is 1. The largest absolute Gasteiger partial charge is 0.351 e. The third kappa shape index (κ3) is 3.74. The van der Waals surface area contributed by atoms with E-state index in [1.54, 1.807) is 11.7 Å². The standard InChI is InChI=1S/C13H17Br2N5O/c1-8-10(14)7-20(18-8)6-4-5-16-13(21)12-11(15)9(2)17-19(12)3/h7H,4-6H2,1-3H3,(H,16,21). The van der Waals surface area contributed by atoms with Gasteiger partial charge in [0.15, 0.2) is 0 Å². The lowest BCUT2D eigenvalue weighted by Gasteiger charge is -2.06. The zero-order chi connectivity index (χ0) is 15.6. The third-order valence-corrected chi connectivity index (χ3v) is 4.83. The molecule has 0 saturated carbocycles. The van der Waals surface area contributed by atoms with Gasteiger partial charge >= 0.3 is 0 Å². The summed E-state index contributed by atoms with van der Waals surface area (Å²) in [6, 6.07) is 0. The highest BCUT2D eigenvalue weighted by molar-refractivity contribution is 9.10. The van der Waals surface area contributed by atoms with E-state index in [-0.39, 0.29) is 5.91 Å². The summed E-state index contributed by atoms with van der Waals surface area (Å²) in [6.45, 7) is 5.16. The van der Waals surface area contributed by atoms with Gasteiger partial charge in [-0.2, -0.15) is 10.2 Å². The number of rotatable bonds is 5. The monoisotopic (exact) mass is 417 g/mol. The van der Waals surface area contributed by atoms with Crippen LogP contribution in [0, 0.1) is 13.8 Å². The van der Waals surface area contributed by atoms with Gasteiger partial charge in [0.2, 0.25) is 0 Å². The maximum atomic E-state index is 12.1. The molecule has 0 aliphatic carbocycles. The molecule has 0 atom stereocenters. The number of aryl methyl sites for hydroxylation is 4. The van der Waals surface area contributed by atoms with Crippen LogP contribution < -0.4 is 5.32 Å². The molecular weight excluding hydrogens is 402 g/mol. The predicted molar refractivity (Wildman–Crippen MR) is 87.3 cm³/mol. The number of amides is 1. The van der Waals surface area contributed by atoms with Crippen LogP contribution >= 0.6 is 31.9 Å². The molecule has 2 rings (SSSR count). The first-order valence-electron chi connectivity index (χ1n) is 6.57. The van der Waals surface area contributed by atoms with Gasteiger partial charge in [-0.1, -0.05) is 0 Å². The lowest BCUT2D eigenvalue weighted by Crippen LogP contribution is -2.27. The molecule has 2 aromatic heterocycles. The molecule has 0 spiro atoms. The summed E-state index contributed by atoms with van der Waals surface area (Å²) in [6.07, 6.45) is 2.76. The Balaban J connectivity index is 1.84. The minimum Gasteiger partial charge on any atom is -0.351 e. The second-order valence-corrected chi connectivity index (χ2v) is 6.45. The van der Waals surface area contributed by atoms with Gasteiger partial charge in [0.25, 0.3) is 5.91 Å². The smallest absolute Gasteiger partial charge is 0.270 e. The molecule has 0 aliphatic rings. The van der Waals surface area contributed by atoms with Crippen molar-refractivity contribution in [3.05, 3.63) is 32.2 Å². The molecular formula is C13H17Br2N5O. The summed E-state index contributed by atoms with van der Waals surface area (Å²) in [5.41, 5.74) is 2.32. The van der Waals surface area contributed by atoms with Crippen molar-refractivity contribution in [1.82, 2.24) is 24.9 Å². The molecule has 1 amide bonds. The van der Waals surface area contributed by atoms with Gasteiger partial charge < -0.3 is 5.32 Å². The van der Waals surface area contributed by atoms with Gasteiger partial charge in [0.05, 0.1) is 20.3 Å². The zero-order valence-corrected chi connectivity index (χ0v) is 15.3. The van der Waals surface area contributed by atoms with Crippen LogP contribution in [0.3, 0.4) is 0 Å². The number of nitrogens with zero attached hydrogens (tertiary/aromatic N) is 4. The summed E-state index contributed by atoms with van der Waals surface area (Å²) in [5, 5.41) is 11.5. The highest BCUT2D eigenvalue weighted by atomic mass is 79.9. The summed E-state index contributed by atoms with van der Waals surface area (Å²) in [4.78, 5) is 12.1. The molecule has 114 valence electrons. The van der Waals surface area contributed by atoms with E-state index in [4.69, 9.17) is 0 Å². The quantitative estimate of drug-likeness (QED) is 0.759. The number of hydrogen-bond acceptors (Lipinski definition) is 3. The van der Waals surface area contributed by atoms with E-state index in [1.807, 2.05) is 24.7 Å². The summed E-state index contributed by atoms with van der Waals surface area (Å²) in [5.74, 6) is -0.122. The zero-order valence-electron chi connectivity index (χ0n) is 12.2. The van der Waals surface area contributed by atoms with E-state index >= 15 is 0 Å². The third-order valence-electron chi connectivity index (χ3n) is 3.10. The van der Waals surface area contributed by atoms with Gasteiger partial charge in [-0.3, -0.25) is 14.2 Å². The minimum absolute atomic E-state index is 0.122. The van der Waals surface area contributed by atoms with Crippen molar-refractivity contribution in [3.63, 3.8) is 0 Å². The Morgan fingerprint density at radius 1 is 1.29 bits per heavy atom. The molecule has 0 aliphatic heterocycles. The molecule has 0 bridgehead atoms. The van der Waals surface area contributed by atoms with Crippen molar-refractivity contribution in [2.24, 2.45) is 7.05 Å². The van der Waals surface area contributed by atoms with Crippen molar-refractivity contribution in [1.29, 1.82) is 0 Å². The van der Waals surface area contributed by atoms with E-state index in [1.165, 1.54) is 0 Å². The number of hydrogen-bond donors (Lipinski definition) is 1. The molecule has 0 unspecified atom stereocenters. The van der Waals surface area contributed by atoms with E-state index < -0.39 is 0 Å². The fourth-order valence-electron chi connectivity index (χ4n) is 2.01. The summed E-state index contributed by atoms with van der Waals surface area (Å²) >= 11 is 6.82. The highest BCUT2D eigenvalue weighted by Gasteiger charge is 2.17. The maximum absolute atomic E-state index is 12.1. The Kier molecular flexibility index (Phi) is 5.21. The van der Waals surface area contributed by atoms with Crippen LogP contribution in [0.15, 0.2) is 15.1 Å². The Morgan fingerprint density at radius 3 is 2.52 bits per heavy atom. The van der Waals surface area contributed by atoms with Crippen molar-refractivity contribution in [2.45, 2.75) is 26.8 Å². The number of halogens is 2. The van der Waals surface area contributed by atoms with Gasteiger partial charge in [0, 0.05) is 26.3 Å². The van der Waals surface area contributed by atoms with Crippen LogP contribution in [0.5, 0.6) is 0 Å². The van der Waals surface area contributed by atoms with E-state index in [2.05, 4.69) is 47.4 Å². The van der Waals surface area contributed by atoms with Crippen molar-refractivity contribution in [3.8, 4) is 0 Å². The van der Waals surface area contributed by atoms with Crippen molar-refractivity contribution < 1.29 is 4.79 Å². The first-order chi connectivity index (χ1) is 9.90. The Bertz CT molecular complexity index is 642. The molecule has 2 heterocycles. The Hall–Kier alpha value is -1.15. The predicted octanol–water partition coefficient (Wildman–Crippen LogP) is 2.58. The van der Waals surface area contributed by atoms with Crippen LogP contribution in [0.2, 0.25) is 0 Å². The fraction of sp³-hybridized carbons (Fsp3) is 0.462. The lowest BCUT2D eigenvalue weighted by molar-refractivity contribution is 0.0942. The average Bonchev–Trinajstić information content (AvgIpc) is 2.86. The molecule has 0 fully saturated rings. The second-order valence-electron chi connectivity index (χ2n) is 4.81. The van der Waals surface area contributed by atoms with Crippen LogP contribution in [-0.2, 0) is 13.6 Å². The molecule has 0 aromatic carbocycles. The molecule has 8 heteroatoms. The maximum Gasteiger partial charge on any atom is 0.270 e. The summed E-state index contributed by atoms with van der Waals surface area (Å²) in [7, 11) is 1.76. The van der Waals surface area contributed by atoms with Crippen LogP contribution in [0.25, 0.3) is 0 Å². The van der Waals surface area contributed by atoms with Crippen molar-refractivity contribution in [2.75, 3.05) is 6.54 Å². The second kappa shape index (κ2) is 6.74. The molecule has 6 nitrogen and oxygen atoms in total. The van der Waals surface area contributed by atoms with Crippen LogP contribution in [0.4, 0.5) is 0 Å². The minimum atomic E-state index is -0.122. The van der Waals surface area contributed by atoms with E-state index in [9.17, 15) is 4.79 Å². The fourth-order valence-corrected chi connectivity index (χ4v) is 2.85. The molecule has 1 N–H and O–H groups in total. The molecule has 0 saturated heterocycles. The normalized spacial score (nSPS) is 10.9. The van der Waals surface area contributed by atoms with Gasteiger partial charge in [-0.05, 0) is 52.1 Å². The molecule has 21 heavy (non-hydrogen) atoms. The first kappa shape index (κ1) is 16.2. The van der Waals surface area contributed by atoms with Crippen LogP contribution in [-0.4, -0.2) is 32.0 Å². The SMILES string of the molecule is Cc1nn(CCCNC(=O)c2c(Br)c(C)nn2C)cc1Br. The van der Waals surface area contributed by atoms with E-state index in [0.29, 0.717) is 12.2 Å². The molecule has 0 radical (unpaired) electrons. The molecule has 2 aromatic rings. The Labute approximate surface area is 140 Å². The Morgan fingerprint density at radius 2 is 2.00 bits per heavy atom. The summed E-state index contributed by atoms with van der Waals surface area (Å²) < 4.78 is 5.20. The highest BCUT2D eigenvalue weighted by Crippen LogP contribution is 2.19. The van der Waals surface area contributed by atoms with Gasteiger partial charge in [0.1, 0.15) is 5.69 Å². The number of carbonyl (C=O) groups is 1. The first-order valence-corrected chi connectivity index (χ1v) is 8.15. The van der Waals surface area contributed by atoms with Gasteiger partial charge in [-0.25, -0.2) is 0 Å². The van der Waals surface area contributed by atoms with Crippen molar-refractivity contribution >= 4 is 37.8 Å². The average molecular weight is 419 g/mol. The topological polar surface area (TPSA) is 64.7 Å². The van der Waals surface area contributed by atoms with Crippen LogP contribution in [0.1, 0.15) is 28.3 Å².